The first-order valence-electron chi connectivity index (χ1n) is 3.44. The minimum atomic E-state index is -0.0427. The number of hydrogen-bond donors (Lipinski definition) is 1. The van der Waals surface area contributed by atoms with Crippen molar-refractivity contribution < 1.29 is 4.79 Å². The zero-order chi connectivity index (χ0) is 9.84. The van der Waals surface area contributed by atoms with Gasteiger partial charge < -0.3 is 5.32 Å². The minimum absolute atomic E-state index is 0.0172. The second kappa shape index (κ2) is 5.50. The zero-order valence-electron chi connectivity index (χ0n) is 6.43. The fraction of sp³-hybridized carbons (Fsp3) is 0.125. The third-order valence-corrected chi connectivity index (χ3v) is 2.97. The van der Waals surface area contributed by atoms with Gasteiger partial charge in [0.15, 0.2) is 0 Å². The highest BCUT2D eigenvalue weighted by Gasteiger charge is 2.09. The number of anilines is 1. The molecule has 0 aliphatic carbocycles. The predicted octanol–water partition coefficient (Wildman–Crippen LogP) is 3.58. The van der Waals surface area contributed by atoms with Crippen molar-refractivity contribution in [3.05, 3.63) is 28.7 Å². The van der Waals surface area contributed by atoms with Crippen molar-refractivity contribution in [2.75, 3.05) is 5.32 Å². The van der Waals surface area contributed by atoms with Crippen molar-refractivity contribution in [3.8, 4) is 0 Å². The van der Waals surface area contributed by atoms with Gasteiger partial charge in [0.05, 0.1) is 0 Å². The molecule has 0 unspecified atom stereocenters. The van der Waals surface area contributed by atoms with Crippen LogP contribution in [0.2, 0.25) is 0 Å². The maximum absolute atomic E-state index is 11.3. The van der Waals surface area contributed by atoms with Crippen molar-refractivity contribution in [1.82, 2.24) is 0 Å². The van der Waals surface area contributed by atoms with Crippen LogP contribution < -0.4 is 5.32 Å². The van der Waals surface area contributed by atoms with Crippen LogP contribution in [0.1, 0.15) is 0 Å². The Labute approximate surface area is 112 Å². The van der Waals surface area contributed by atoms with Gasteiger partial charge in [0, 0.05) is 10.2 Å². The van der Waals surface area contributed by atoms with E-state index in [1.807, 2.05) is 24.3 Å². The van der Waals surface area contributed by atoms with Crippen LogP contribution in [0.4, 0.5) is 5.69 Å². The highest BCUT2D eigenvalue weighted by Crippen LogP contribution is 2.16. The maximum Gasteiger partial charge on any atom is 0.247 e. The van der Waals surface area contributed by atoms with Gasteiger partial charge in [-0.1, -0.05) is 61.1 Å². The Balaban J connectivity index is 2.65. The summed E-state index contributed by atoms with van der Waals surface area (Å²) in [5.74, 6) is 0.0172. The molecule has 0 aromatic heterocycles. The molecule has 0 fully saturated rings. The lowest BCUT2D eigenvalue weighted by molar-refractivity contribution is -0.113. The summed E-state index contributed by atoms with van der Waals surface area (Å²) in [4.78, 5) is 11.3. The van der Waals surface area contributed by atoms with Gasteiger partial charge in [-0.15, -0.1) is 0 Å². The molecule has 0 bridgehead atoms. The third-order valence-electron chi connectivity index (χ3n) is 1.31. The lowest BCUT2D eigenvalue weighted by atomic mass is 10.3. The van der Waals surface area contributed by atoms with Gasteiger partial charge in [-0.3, -0.25) is 4.79 Å². The predicted molar refractivity (Wildman–Crippen MR) is 74.6 cm³/mol. The van der Waals surface area contributed by atoms with Crippen LogP contribution in [-0.2, 0) is 4.79 Å². The molecule has 0 heterocycles. The Hall–Kier alpha value is 0.630. The molecule has 0 radical (unpaired) electrons. The number of rotatable bonds is 2. The molecule has 0 aliphatic heterocycles. The largest absolute Gasteiger partial charge is 0.324 e. The van der Waals surface area contributed by atoms with E-state index in [4.69, 9.17) is 0 Å². The van der Waals surface area contributed by atoms with Gasteiger partial charge in [0.25, 0.3) is 0 Å². The summed E-state index contributed by atoms with van der Waals surface area (Å²) in [5.41, 5.74) is 0.825. The standard InChI is InChI=1S/C8H6BrI2NO/c9-5-1-3-6(4-2-5)12-8(13)7(10)11/h1-4,7H,(H,12,13). The first-order chi connectivity index (χ1) is 6.09. The topological polar surface area (TPSA) is 29.1 Å². The number of benzene rings is 1. The molecule has 5 heteroatoms. The highest BCUT2D eigenvalue weighted by molar-refractivity contribution is 14.2. The molecule has 0 saturated carbocycles. The Bertz CT molecular complexity index is 300. The summed E-state index contributed by atoms with van der Waals surface area (Å²) >= 11 is 7.46. The van der Waals surface area contributed by atoms with E-state index in [0.717, 1.165) is 10.2 Å². The van der Waals surface area contributed by atoms with Crippen molar-refractivity contribution >= 4 is 72.7 Å². The molecule has 0 spiro atoms. The molecule has 0 saturated heterocycles. The van der Waals surface area contributed by atoms with Gasteiger partial charge in [0.1, 0.15) is 1.93 Å². The Morgan fingerprint density at radius 3 is 2.31 bits per heavy atom. The number of alkyl halides is 2. The smallest absolute Gasteiger partial charge is 0.247 e. The van der Waals surface area contributed by atoms with Gasteiger partial charge in [-0.05, 0) is 24.3 Å². The van der Waals surface area contributed by atoms with E-state index in [0.29, 0.717) is 0 Å². The van der Waals surface area contributed by atoms with E-state index >= 15 is 0 Å². The van der Waals surface area contributed by atoms with E-state index in [1.54, 1.807) is 0 Å². The van der Waals surface area contributed by atoms with Crippen LogP contribution in [-0.4, -0.2) is 7.84 Å². The van der Waals surface area contributed by atoms with Crippen LogP contribution in [0, 0.1) is 0 Å². The molecule has 70 valence electrons. The van der Waals surface area contributed by atoms with Crippen LogP contribution in [0.3, 0.4) is 0 Å². The van der Waals surface area contributed by atoms with E-state index in [1.165, 1.54) is 0 Å². The Morgan fingerprint density at radius 1 is 1.31 bits per heavy atom. The molecular weight excluding hydrogens is 460 g/mol. The summed E-state index contributed by atoms with van der Waals surface area (Å²) in [6.07, 6.45) is 0. The van der Waals surface area contributed by atoms with Crippen LogP contribution in [0.15, 0.2) is 28.7 Å². The molecule has 1 N–H and O–H groups in total. The van der Waals surface area contributed by atoms with Gasteiger partial charge in [-0.25, -0.2) is 0 Å². The molecule has 0 aliphatic rings. The average Bonchev–Trinajstić information content (AvgIpc) is 2.08. The van der Waals surface area contributed by atoms with Gasteiger partial charge in [-0.2, -0.15) is 0 Å². The molecule has 1 aromatic carbocycles. The number of hydrogen-bond acceptors (Lipinski definition) is 1. The molecule has 13 heavy (non-hydrogen) atoms. The summed E-state index contributed by atoms with van der Waals surface area (Å²) < 4.78 is 0.963. The van der Waals surface area contributed by atoms with Crippen molar-refractivity contribution in [2.24, 2.45) is 0 Å². The van der Waals surface area contributed by atoms with Crippen LogP contribution >= 0.6 is 61.1 Å². The van der Waals surface area contributed by atoms with Gasteiger partial charge >= 0.3 is 0 Å². The van der Waals surface area contributed by atoms with Crippen LogP contribution in [0.25, 0.3) is 0 Å². The van der Waals surface area contributed by atoms with E-state index < -0.39 is 0 Å². The number of carbonyl (C=O) groups is 1. The lowest BCUT2D eigenvalue weighted by Crippen LogP contribution is -2.17. The van der Waals surface area contributed by atoms with E-state index in [-0.39, 0.29) is 7.84 Å². The molecule has 1 rings (SSSR count). The fourth-order valence-electron chi connectivity index (χ4n) is 0.730. The fourth-order valence-corrected chi connectivity index (χ4v) is 1.31. The summed E-state index contributed by atoms with van der Waals surface area (Å²) in [7, 11) is 0. The lowest BCUT2D eigenvalue weighted by Gasteiger charge is -2.05. The average molecular weight is 466 g/mol. The van der Waals surface area contributed by atoms with Gasteiger partial charge in [0.2, 0.25) is 5.91 Å². The first kappa shape index (κ1) is 11.7. The summed E-state index contributed by atoms with van der Waals surface area (Å²) in [6, 6.07) is 7.51. The van der Waals surface area contributed by atoms with Crippen LogP contribution in [0.5, 0.6) is 0 Å². The SMILES string of the molecule is O=C(Nc1ccc(Br)cc1)C(I)I. The normalized spacial score (nSPS) is 10.2. The number of amides is 1. The zero-order valence-corrected chi connectivity index (χ0v) is 12.3. The van der Waals surface area contributed by atoms with Crippen molar-refractivity contribution in [3.63, 3.8) is 0 Å². The second-order valence-corrected chi connectivity index (χ2v) is 8.09. The molecule has 0 atom stereocenters. The van der Waals surface area contributed by atoms with E-state index in [9.17, 15) is 4.79 Å². The highest BCUT2D eigenvalue weighted by atomic mass is 127. The van der Waals surface area contributed by atoms with Crippen molar-refractivity contribution in [1.29, 1.82) is 0 Å². The number of nitrogens with one attached hydrogen (secondary N) is 1. The Kier molecular flexibility index (Phi) is 4.95. The number of carbonyl (C=O) groups excluding carboxylic acids is 1. The summed E-state index contributed by atoms with van der Waals surface area (Å²) in [5, 5.41) is 2.79. The second-order valence-electron chi connectivity index (χ2n) is 2.30. The molecule has 1 aromatic rings. The third kappa shape index (κ3) is 4.11. The first-order valence-corrected chi connectivity index (χ1v) is 6.72. The maximum atomic E-state index is 11.3. The molecule has 2 nitrogen and oxygen atoms in total. The quantitative estimate of drug-likeness (QED) is 0.525. The van der Waals surface area contributed by atoms with Crippen molar-refractivity contribution in [2.45, 2.75) is 1.93 Å². The molecular formula is C8H6BrI2NO. The number of halogens is 3. The van der Waals surface area contributed by atoms with E-state index in [2.05, 4.69) is 66.4 Å². The monoisotopic (exact) mass is 465 g/mol. The molecule has 1 amide bonds. The Morgan fingerprint density at radius 2 is 1.85 bits per heavy atom. The summed E-state index contributed by atoms with van der Waals surface area (Å²) in [6.45, 7) is 0. The minimum Gasteiger partial charge on any atom is -0.324 e.